The molecule has 1 nitrogen and oxygen atoms in total. The summed E-state index contributed by atoms with van der Waals surface area (Å²) in [6.45, 7) is 3.15. The molecule has 0 amide bonds. The minimum absolute atomic E-state index is 0.983. The lowest BCUT2D eigenvalue weighted by atomic mass is 9.85. The van der Waals surface area contributed by atoms with E-state index in [1.165, 1.54) is 44.5 Å². The number of hydrogen-bond acceptors (Lipinski definition) is 0. The number of nitrogens with zero attached hydrogens (tertiary/aromatic N) is 1. The minimum Gasteiger partial charge on any atom is -0.354 e. The Balaban J connectivity index is 1.72. The fraction of sp³-hybridized carbons (Fsp3) is 0.0625. The highest BCUT2D eigenvalue weighted by molar-refractivity contribution is 6.04. The Hall–Kier alpha value is -4.10. The molecule has 1 aromatic heterocycles. The largest absolute Gasteiger partial charge is 0.354 e. The van der Waals surface area contributed by atoms with E-state index in [-0.39, 0.29) is 0 Å². The first-order valence-electron chi connectivity index (χ1n) is 11.5. The van der Waals surface area contributed by atoms with Crippen molar-refractivity contribution in [2.45, 2.75) is 13.5 Å². The van der Waals surface area contributed by atoms with Crippen LogP contribution in [0.25, 0.3) is 22.3 Å². The number of aryl methyl sites for hydroxylation is 1. The van der Waals surface area contributed by atoms with Gasteiger partial charge in [0.2, 0.25) is 0 Å². The van der Waals surface area contributed by atoms with Crippen molar-refractivity contribution in [1.82, 2.24) is 4.57 Å². The number of benzene rings is 4. The lowest BCUT2D eigenvalue weighted by Gasteiger charge is -2.18. The lowest BCUT2D eigenvalue weighted by molar-refractivity contribution is 0.770. The fourth-order valence-corrected chi connectivity index (χ4v) is 4.36. The molecule has 160 valence electrons. The summed E-state index contributed by atoms with van der Waals surface area (Å²) >= 11 is 0. The first kappa shape index (κ1) is 20.8. The van der Waals surface area contributed by atoms with Crippen molar-refractivity contribution in [2.75, 3.05) is 0 Å². The van der Waals surface area contributed by atoms with Crippen LogP contribution in [0.1, 0.15) is 29.2 Å². The Kier molecular flexibility index (Phi) is 6.04. The highest BCUT2D eigenvalue weighted by Gasteiger charge is 2.16. The van der Waals surface area contributed by atoms with E-state index in [9.17, 15) is 0 Å². The minimum atomic E-state index is 0.983. The summed E-state index contributed by atoms with van der Waals surface area (Å²) in [5, 5.41) is 0. The second-order valence-corrected chi connectivity index (χ2v) is 8.16. The molecule has 5 aromatic rings. The SMILES string of the molecule is CCn1ccc(-c2ccc(C(=C(c3ccccc3)c3ccccc3)c3ccccc3)cc2)c1. The molecule has 0 radical (unpaired) electrons. The summed E-state index contributed by atoms with van der Waals surface area (Å²) < 4.78 is 2.21. The van der Waals surface area contributed by atoms with Crippen LogP contribution in [-0.4, -0.2) is 4.57 Å². The van der Waals surface area contributed by atoms with Gasteiger partial charge in [-0.05, 0) is 57.5 Å². The summed E-state index contributed by atoms with van der Waals surface area (Å²) in [6.07, 6.45) is 4.35. The molecular formula is C32H27N. The average Bonchev–Trinajstić information content (AvgIpc) is 3.38. The van der Waals surface area contributed by atoms with Crippen molar-refractivity contribution in [2.24, 2.45) is 0 Å². The summed E-state index contributed by atoms with van der Waals surface area (Å²) in [5.41, 5.74) is 9.82. The molecule has 0 fully saturated rings. The standard InChI is InChI=1S/C32H27N/c1-2-33-23-22-30(24-33)25-18-20-29(21-19-25)32(28-16-10-5-11-17-28)31(26-12-6-3-7-13-26)27-14-8-4-9-15-27/h3-24H,2H2,1H3. The van der Waals surface area contributed by atoms with Crippen molar-refractivity contribution in [3.8, 4) is 11.1 Å². The van der Waals surface area contributed by atoms with E-state index in [4.69, 9.17) is 0 Å². The normalized spacial score (nSPS) is 10.7. The summed E-state index contributed by atoms with van der Waals surface area (Å²) in [7, 11) is 0. The summed E-state index contributed by atoms with van der Waals surface area (Å²) in [6, 6.07) is 43.3. The van der Waals surface area contributed by atoms with Crippen molar-refractivity contribution >= 4 is 11.1 Å². The highest BCUT2D eigenvalue weighted by Crippen LogP contribution is 2.37. The smallest absolute Gasteiger partial charge is 0.0191 e. The third-order valence-corrected chi connectivity index (χ3v) is 6.06. The van der Waals surface area contributed by atoms with Crippen LogP contribution in [0.5, 0.6) is 0 Å². The zero-order chi connectivity index (χ0) is 22.5. The molecule has 0 aliphatic carbocycles. The van der Waals surface area contributed by atoms with Gasteiger partial charge in [-0.3, -0.25) is 0 Å². The maximum Gasteiger partial charge on any atom is 0.0191 e. The first-order chi connectivity index (χ1) is 16.3. The fourth-order valence-electron chi connectivity index (χ4n) is 4.36. The van der Waals surface area contributed by atoms with Crippen LogP contribution in [0.15, 0.2) is 134 Å². The summed E-state index contributed by atoms with van der Waals surface area (Å²) in [5.74, 6) is 0. The van der Waals surface area contributed by atoms with E-state index >= 15 is 0 Å². The molecule has 1 heteroatoms. The van der Waals surface area contributed by atoms with Crippen LogP contribution in [0.2, 0.25) is 0 Å². The zero-order valence-electron chi connectivity index (χ0n) is 18.9. The van der Waals surface area contributed by atoms with Crippen LogP contribution >= 0.6 is 0 Å². The van der Waals surface area contributed by atoms with E-state index in [1.54, 1.807) is 0 Å². The zero-order valence-corrected chi connectivity index (χ0v) is 18.9. The summed E-state index contributed by atoms with van der Waals surface area (Å²) in [4.78, 5) is 0. The molecule has 4 aromatic carbocycles. The van der Waals surface area contributed by atoms with Crippen LogP contribution in [-0.2, 0) is 6.54 Å². The van der Waals surface area contributed by atoms with Gasteiger partial charge in [0.05, 0.1) is 0 Å². The van der Waals surface area contributed by atoms with Gasteiger partial charge >= 0.3 is 0 Å². The highest BCUT2D eigenvalue weighted by atomic mass is 14.9. The van der Waals surface area contributed by atoms with Crippen molar-refractivity contribution < 1.29 is 0 Å². The Bertz CT molecular complexity index is 1300. The molecule has 33 heavy (non-hydrogen) atoms. The third-order valence-electron chi connectivity index (χ3n) is 6.06. The van der Waals surface area contributed by atoms with Gasteiger partial charge in [0.15, 0.2) is 0 Å². The van der Waals surface area contributed by atoms with Gasteiger partial charge in [0, 0.05) is 18.9 Å². The predicted octanol–water partition coefficient (Wildman–Crippen LogP) is 8.18. The molecule has 5 rings (SSSR count). The maximum absolute atomic E-state index is 2.26. The molecule has 0 bridgehead atoms. The maximum atomic E-state index is 2.26. The van der Waals surface area contributed by atoms with E-state index in [0.717, 1.165) is 6.54 Å². The van der Waals surface area contributed by atoms with Crippen LogP contribution in [0.4, 0.5) is 0 Å². The number of rotatable bonds is 6. The molecule has 0 atom stereocenters. The molecule has 0 saturated carbocycles. The number of aromatic nitrogens is 1. The van der Waals surface area contributed by atoms with Gasteiger partial charge in [-0.15, -0.1) is 0 Å². The van der Waals surface area contributed by atoms with Gasteiger partial charge in [-0.2, -0.15) is 0 Å². The molecule has 0 spiro atoms. The molecule has 0 aliphatic rings. The predicted molar refractivity (Wildman–Crippen MR) is 140 cm³/mol. The van der Waals surface area contributed by atoms with Crippen molar-refractivity contribution in [1.29, 1.82) is 0 Å². The molecule has 1 heterocycles. The van der Waals surface area contributed by atoms with E-state index in [2.05, 4.69) is 145 Å². The van der Waals surface area contributed by atoms with E-state index in [0.29, 0.717) is 0 Å². The Morgan fingerprint density at radius 2 is 0.909 bits per heavy atom. The van der Waals surface area contributed by atoms with Gasteiger partial charge in [-0.25, -0.2) is 0 Å². The second-order valence-electron chi connectivity index (χ2n) is 8.16. The first-order valence-corrected chi connectivity index (χ1v) is 11.5. The van der Waals surface area contributed by atoms with E-state index in [1.807, 2.05) is 0 Å². The van der Waals surface area contributed by atoms with Crippen LogP contribution in [0, 0.1) is 0 Å². The van der Waals surface area contributed by atoms with Crippen LogP contribution in [0.3, 0.4) is 0 Å². The van der Waals surface area contributed by atoms with Crippen LogP contribution < -0.4 is 0 Å². The Labute approximate surface area is 196 Å². The van der Waals surface area contributed by atoms with Gasteiger partial charge in [-0.1, -0.05) is 115 Å². The molecule has 0 saturated heterocycles. The van der Waals surface area contributed by atoms with Gasteiger partial charge < -0.3 is 4.57 Å². The Morgan fingerprint density at radius 1 is 0.485 bits per heavy atom. The third kappa shape index (κ3) is 4.44. The Morgan fingerprint density at radius 3 is 1.30 bits per heavy atom. The van der Waals surface area contributed by atoms with E-state index < -0.39 is 0 Å². The van der Waals surface area contributed by atoms with Crippen molar-refractivity contribution in [3.05, 3.63) is 156 Å². The molecule has 0 N–H and O–H groups in total. The quantitative estimate of drug-likeness (QED) is 0.242. The average molecular weight is 426 g/mol. The lowest BCUT2D eigenvalue weighted by Crippen LogP contribution is -1.97. The molecular weight excluding hydrogens is 398 g/mol. The molecule has 0 unspecified atom stereocenters. The second kappa shape index (κ2) is 9.58. The monoisotopic (exact) mass is 425 g/mol. The number of hydrogen-bond donors (Lipinski definition) is 0. The topological polar surface area (TPSA) is 4.93 Å². The van der Waals surface area contributed by atoms with Gasteiger partial charge in [0.1, 0.15) is 0 Å². The van der Waals surface area contributed by atoms with Gasteiger partial charge in [0.25, 0.3) is 0 Å². The van der Waals surface area contributed by atoms with Crippen molar-refractivity contribution in [3.63, 3.8) is 0 Å². The molecule has 0 aliphatic heterocycles.